The third-order valence-corrected chi connectivity index (χ3v) is 2.60. The van der Waals surface area contributed by atoms with Crippen molar-refractivity contribution in [2.24, 2.45) is 7.05 Å². The zero-order valence-electron chi connectivity index (χ0n) is 9.40. The standard InChI is InChI=1S/C11H17N3O2/c1-14-4-2-9(7-14)6-13-11(15)10-8-16-5-3-12-10/h2,4,7,10,12H,3,5-6,8H2,1H3,(H,13,15). The number of amides is 1. The Labute approximate surface area is 94.8 Å². The molecule has 0 aliphatic carbocycles. The monoisotopic (exact) mass is 223 g/mol. The SMILES string of the molecule is Cn1ccc(CNC(=O)C2COCCN2)c1. The fraction of sp³-hybridized carbons (Fsp3) is 0.545. The molecule has 2 N–H and O–H groups in total. The van der Waals surface area contributed by atoms with Crippen LogP contribution in [-0.2, 0) is 23.1 Å². The number of morpholine rings is 1. The highest BCUT2D eigenvalue weighted by molar-refractivity contribution is 5.81. The second kappa shape index (κ2) is 5.14. The van der Waals surface area contributed by atoms with Crippen molar-refractivity contribution in [3.63, 3.8) is 0 Å². The molecule has 0 radical (unpaired) electrons. The minimum Gasteiger partial charge on any atom is -0.378 e. The molecule has 1 aliphatic heterocycles. The summed E-state index contributed by atoms with van der Waals surface area (Å²) in [5, 5.41) is 6.01. The number of rotatable bonds is 3. The average Bonchev–Trinajstić information content (AvgIpc) is 2.73. The van der Waals surface area contributed by atoms with E-state index in [4.69, 9.17) is 4.74 Å². The molecule has 1 fully saturated rings. The van der Waals surface area contributed by atoms with E-state index in [0.29, 0.717) is 19.8 Å². The molecule has 1 unspecified atom stereocenters. The molecule has 16 heavy (non-hydrogen) atoms. The van der Waals surface area contributed by atoms with Gasteiger partial charge in [0.1, 0.15) is 6.04 Å². The predicted molar refractivity (Wildman–Crippen MR) is 59.9 cm³/mol. The van der Waals surface area contributed by atoms with Crippen LogP contribution in [0.15, 0.2) is 18.5 Å². The van der Waals surface area contributed by atoms with Crippen LogP contribution in [0.1, 0.15) is 5.56 Å². The summed E-state index contributed by atoms with van der Waals surface area (Å²) < 4.78 is 7.19. The second-order valence-corrected chi connectivity index (χ2v) is 3.98. The lowest BCUT2D eigenvalue weighted by atomic mass is 10.2. The number of ether oxygens (including phenoxy) is 1. The van der Waals surface area contributed by atoms with Crippen LogP contribution in [0.5, 0.6) is 0 Å². The van der Waals surface area contributed by atoms with E-state index in [-0.39, 0.29) is 11.9 Å². The molecular weight excluding hydrogens is 206 g/mol. The number of carbonyl (C=O) groups is 1. The topological polar surface area (TPSA) is 55.3 Å². The van der Waals surface area contributed by atoms with Gasteiger partial charge in [-0.25, -0.2) is 0 Å². The van der Waals surface area contributed by atoms with Crippen LogP contribution < -0.4 is 10.6 Å². The maximum atomic E-state index is 11.7. The summed E-state index contributed by atoms with van der Waals surface area (Å²) in [4.78, 5) is 11.7. The zero-order valence-corrected chi connectivity index (χ0v) is 9.40. The van der Waals surface area contributed by atoms with Crippen molar-refractivity contribution in [2.45, 2.75) is 12.6 Å². The summed E-state index contributed by atoms with van der Waals surface area (Å²) in [5.41, 5.74) is 1.10. The molecule has 0 spiro atoms. The van der Waals surface area contributed by atoms with E-state index in [1.807, 2.05) is 30.1 Å². The van der Waals surface area contributed by atoms with Crippen molar-refractivity contribution < 1.29 is 9.53 Å². The fourth-order valence-electron chi connectivity index (χ4n) is 1.71. The number of aromatic nitrogens is 1. The quantitative estimate of drug-likeness (QED) is 0.735. The number of hydrogen-bond acceptors (Lipinski definition) is 3. The van der Waals surface area contributed by atoms with E-state index >= 15 is 0 Å². The van der Waals surface area contributed by atoms with Crippen LogP contribution in [0.3, 0.4) is 0 Å². The Bertz CT molecular complexity index is 356. The third-order valence-electron chi connectivity index (χ3n) is 2.60. The van der Waals surface area contributed by atoms with Gasteiger partial charge in [-0.3, -0.25) is 4.79 Å². The molecule has 5 heteroatoms. The Morgan fingerprint density at radius 3 is 3.25 bits per heavy atom. The Balaban J connectivity index is 1.78. The summed E-state index contributed by atoms with van der Waals surface area (Å²) in [5.74, 6) is 0.00329. The highest BCUT2D eigenvalue weighted by Crippen LogP contribution is 1.99. The first-order valence-corrected chi connectivity index (χ1v) is 5.45. The largest absolute Gasteiger partial charge is 0.378 e. The van der Waals surface area contributed by atoms with Gasteiger partial charge >= 0.3 is 0 Å². The highest BCUT2D eigenvalue weighted by Gasteiger charge is 2.20. The Morgan fingerprint density at radius 2 is 2.62 bits per heavy atom. The van der Waals surface area contributed by atoms with Gasteiger partial charge in [-0.15, -0.1) is 0 Å². The Morgan fingerprint density at radius 1 is 1.75 bits per heavy atom. The number of nitrogens with one attached hydrogen (secondary N) is 2. The Hall–Kier alpha value is -1.33. The van der Waals surface area contributed by atoms with Gasteiger partial charge in [0.25, 0.3) is 0 Å². The van der Waals surface area contributed by atoms with Crippen molar-refractivity contribution in [1.29, 1.82) is 0 Å². The first-order valence-electron chi connectivity index (χ1n) is 5.45. The van der Waals surface area contributed by atoms with Crippen LogP contribution in [0, 0.1) is 0 Å². The van der Waals surface area contributed by atoms with E-state index in [0.717, 1.165) is 12.1 Å². The lowest BCUT2D eigenvalue weighted by Crippen LogP contribution is -2.51. The lowest BCUT2D eigenvalue weighted by Gasteiger charge is -2.22. The minimum atomic E-state index is -0.211. The molecule has 2 heterocycles. The van der Waals surface area contributed by atoms with Gasteiger partial charge < -0.3 is 19.9 Å². The van der Waals surface area contributed by atoms with Crippen molar-refractivity contribution in [1.82, 2.24) is 15.2 Å². The molecule has 0 aromatic carbocycles. The molecule has 1 aliphatic rings. The normalized spacial score (nSPS) is 20.7. The third kappa shape index (κ3) is 2.84. The lowest BCUT2D eigenvalue weighted by molar-refractivity contribution is -0.126. The maximum absolute atomic E-state index is 11.7. The van der Waals surface area contributed by atoms with E-state index < -0.39 is 0 Å². The molecule has 1 saturated heterocycles. The summed E-state index contributed by atoms with van der Waals surface area (Å²) in [6, 6.07) is 1.78. The molecule has 1 aromatic rings. The predicted octanol–water partition coefficient (Wildman–Crippen LogP) is -0.370. The number of carbonyl (C=O) groups excluding carboxylic acids is 1. The van der Waals surface area contributed by atoms with E-state index in [1.54, 1.807) is 0 Å². The van der Waals surface area contributed by atoms with E-state index in [2.05, 4.69) is 10.6 Å². The van der Waals surface area contributed by atoms with Gasteiger partial charge in [0, 0.05) is 32.5 Å². The average molecular weight is 223 g/mol. The fourth-order valence-corrected chi connectivity index (χ4v) is 1.71. The summed E-state index contributed by atoms with van der Waals surface area (Å²) in [6.07, 6.45) is 3.95. The molecule has 1 aromatic heterocycles. The molecule has 0 saturated carbocycles. The van der Waals surface area contributed by atoms with E-state index in [9.17, 15) is 4.79 Å². The van der Waals surface area contributed by atoms with Crippen LogP contribution in [-0.4, -0.2) is 36.3 Å². The zero-order chi connectivity index (χ0) is 11.4. The molecule has 1 amide bonds. The van der Waals surface area contributed by atoms with Gasteiger partial charge in [-0.1, -0.05) is 0 Å². The highest BCUT2D eigenvalue weighted by atomic mass is 16.5. The molecule has 0 bridgehead atoms. The van der Waals surface area contributed by atoms with Crippen LogP contribution in [0.25, 0.3) is 0 Å². The van der Waals surface area contributed by atoms with Crippen LogP contribution in [0.4, 0.5) is 0 Å². The second-order valence-electron chi connectivity index (χ2n) is 3.98. The van der Waals surface area contributed by atoms with Gasteiger partial charge in [-0.05, 0) is 11.6 Å². The summed E-state index contributed by atoms with van der Waals surface area (Å²) >= 11 is 0. The number of hydrogen-bond donors (Lipinski definition) is 2. The molecule has 5 nitrogen and oxygen atoms in total. The summed E-state index contributed by atoms with van der Waals surface area (Å²) in [7, 11) is 1.96. The van der Waals surface area contributed by atoms with Crippen LogP contribution >= 0.6 is 0 Å². The van der Waals surface area contributed by atoms with Gasteiger partial charge in [0.2, 0.25) is 5.91 Å². The first kappa shape index (κ1) is 11.2. The smallest absolute Gasteiger partial charge is 0.239 e. The molecule has 1 atom stereocenters. The van der Waals surface area contributed by atoms with Crippen molar-refractivity contribution in [3.8, 4) is 0 Å². The van der Waals surface area contributed by atoms with Crippen molar-refractivity contribution >= 4 is 5.91 Å². The molecule has 2 rings (SSSR count). The van der Waals surface area contributed by atoms with E-state index in [1.165, 1.54) is 0 Å². The van der Waals surface area contributed by atoms with Gasteiger partial charge in [0.05, 0.1) is 13.2 Å². The Kier molecular flexibility index (Phi) is 3.58. The van der Waals surface area contributed by atoms with Gasteiger partial charge in [0.15, 0.2) is 0 Å². The van der Waals surface area contributed by atoms with Crippen LogP contribution in [0.2, 0.25) is 0 Å². The first-order chi connectivity index (χ1) is 7.75. The summed E-state index contributed by atoms with van der Waals surface area (Å²) in [6.45, 7) is 2.45. The molecule has 88 valence electrons. The van der Waals surface area contributed by atoms with Crippen molar-refractivity contribution in [3.05, 3.63) is 24.0 Å². The number of aryl methyl sites for hydroxylation is 1. The number of nitrogens with zero attached hydrogens (tertiary/aromatic N) is 1. The minimum absolute atomic E-state index is 0.00329. The van der Waals surface area contributed by atoms with Crippen molar-refractivity contribution in [2.75, 3.05) is 19.8 Å². The van der Waals surface area contributed by atoms with Gasteiger partial charge in [-0.2, -0.15) is 0 Å². The maximum Gasteiger partial charge on any atom is 0.239 e. The molecular formula is C11H17N3O2.